The molecule has 1 atom stereocenters. The first-order valence-corrected chi connectivity index (χ1v) is 7.37. The van der Waals surface area contributed by atoms with Crippen LogP contribution < -0.4 is 16.0 Å². The molecule has 1 unspecified atom stereocenters. The van der Waals surface area contributed by atoms with Crippen LogP contribution in [0.25, 0.3) is 0 Å². The lowest BCUT2D eigenvalue weighted by Gasteiger charge is -2.17. The summed E-state index contributed by atoms with van der Waals surface area (Å²) in [6.45, 7) is 6.14. The summed E-state index contributed by atoms with van der Waals surface area (Å²) in [7, 11) is 0. The lowest BCUT2D eigenvalue weighted by atomic mass is 9.99. The van der Waals surface area contributed by atoms with Crippen molar-refractivity contribution in [3.05, 3.63) is 65.2 Å². The van der Waals surface area contributed by atoms with Gasteiger partial charge in [0, 0.05) is 6.04 Å². The van der Waals surface area contributed by atoms with Gasteiger partial charge in [0.15, 0.2) is 0 Å². The quantitative estimate of drug-likeness (QED) is 0.630. The van der Waals surface area contributed by atoms with Crippen molar-refractivity contribution in [2.24, 2.45) is 5.84 Å². The Labute approximate surface area is 127 Å². The van der Waals surface area contributed by atoms with Crippen molar-refractivity contribution in [2.45, 2.75) is 39.3 Å². The fraction of sp³-hybridized carbons (Fsp3) is 0.333. The van der Waals surface area contributed by atoms with Crippen molar-refractivity contribution in [1.29, 1.82) is 0 Å². The number of nitrogens with one attached hydrogen (secondary N) is 1. The van der Waals surface area contributed by atoms with Gasteiger partial charge in [-0.25, -0.2) is 0 Å². The Kier molecular flexibility index (Phi) is 5.37. The third kappa shape index (κ3) is 4.59. The highest BCUT2D eigenvalue weighted by atomic mass is 16.5. The van der Waals surface area contributed by atoms with Crippen LogP contribution in [-0.2, 0) is 6.42 Å². The molecule has 3 N–H and O–H groups in total. The van der Waals surface area contributed by atoms with Gasteiger partial charge in [-0.1, -0.05) is 42.0 Å². The maximum Gasteiger partial charge on any atom is 0.119 e. The van der Waals surface area contributed by atoms with Gasteiger partial charge in [0.25, 0.3) is 0 Å². The van der Waals surface area contributed by atoms with Gasteiger partial charge in [-0.15, -0.1) is 0 Å². The SMILES string of the molecule is Cc1ccc(CC(NN)c2ccc(OC(C)C)cc2)cc1. The Bertz CT molecular complexity index is 546. The molecule has 0 radical (unpaired) electrons. The van der Waals surface area contributed by atoms with E-state index in [1.54, 1.807) is 0 Å². The van der Waals surface area contributed by atoms with Crippen molar-refractivity contribution in [3.8, 4) is 5.75 Å². The van der Waals surface area contributed by atoms with Gasteiger partial charge in [0.2, 0.25) is 0 Å². The molecule has 0 fully saturated rings. The van der Waals surface area contributed by atoms with E-state index in [9.17, 15) is 0 Å². The van der Waals surface area contributed by atoms with E-state index in [1.807, 2.05) is 26.0 Å². The highest BCUT2D eigenvalue weighted by Crippen LogP contribution is 2.21. The number of hydrazine groups is 1. The summed E-state index contributed by atoms with van der Waals surface area (Å²) in [6, 6.07) is 16.8. The zero-order chi connectivity index (χ0) is 15.2. The summed E-state index contributed by atoms with van der Waals surface area (Å²) in [5.74, 6) is 6.61. The van der Waals surface area contributed by atoms with E-state index in [4.69, 9.17) is 10.6 Å². The van der Waals surface area contributed by atoms with E-state index in [1.165, 1.54) is 11.1 Å². The molecule has 2 aromatic carbocycles. The zero-order valence-electron chi connectivity index (χ0n) is 13.0. The molecular formula is C18H24N2O. The smallest absolute Gasteiger partial charge is 0.119 e. The van der Waals surface area contributed by atoms with Gasteiger partial charge in [-0.3, -0.25) is 11.3 Å². The molecule has 3 heteroatoms. The maximum absolute atomic E-state index is 5.72. The molecule has 0 heterocycles. The van der Waals surface area contributed by atoms with Gasteiger partial charge in [0.1, 0.15) is 5.75 Å². The first kappa shape index (κ1) is 15.5. The highest BCUT2D eigenvalue weighted by molar-refractivity contribution is 5.31. The fourth-order valence-corrected chi connectivity index (χ4v) is 2.28. The van der Waals surface area contributed by atoms with Crippen LogP contribution in [0.3, 0.4) is 0 Å². The lowest BCUT2D eigenvalue weighted by Crippen LogP contribution is -2.29. The Morgan fingerprint density at radius 3 is 2.14 bits per heavy atom. The monoisotopic (exact) mass is 284 g/mol. The number of nitrogens with two attached hydrogens (primary N) is 1. The van der Waals surface area contributed by atoms with E-state index in [-0.39, 0.29) is 12.1 Å². The normalized spacial score (nSPS) is 12.4. The predicted octanol–water partition coefficient (Wildman–Crippen LogP) is 3.53. The maximum atomic E-state index is 5.72. The molecule has 0 aliphatic rings. The van der Waals surface area contributed by atoms with Gasteiger partial charge >= 0.3 is 0 Å². The van der Waals surface area contributed by atoms with Crippen LogP contribution in [0.5, 0.6) is 5.75 Å². The minimum atomic E-state index is 0.0980. The molecule has 0 aromatic heterocycles. The predicted molar refractivity (Wildman–Crippen MR) is 87.2 cm³/mol. The Hall–Kier alpha value is -1.84. The van der Waals surface area contributed by atoms with Crippen molar-refractivity contribution in [1.82, 2.24) is 5.43 Å². The van der Waals surface area contributed by atoms with E-state index in [0.717, 1.165) is 17.7 Å². The number of hydrogen-bond donors (Lipinski definition) is 2. The van der Waals surface area contributed by atoms with Gasteiger partial charge in [-0.05, 0) is 50.5 Å². The molecule has 2 rings (SSSR count). The average molecular weight is 284 g/mol. The summed E-state index contributed by atoms with van der Waals surface area (Å²) < 4.78 is 5.66. The summed E-state index contributed by atoms with van der Waals surface area (Å²) in [6.07, 6.45) is 1.05. The van der Waals surface area contributed by atoms with Crippen LogP contribution in [0.4, 0.5) is 0 Å². The van der Waals surface area contributed by atoms with E-state index in [0.29, 0.717) is 0 Å². The molecule has 0 amide bonds. The molecule has 3 nitrogen and oxygen atoms in total. The molecule has 0 spiro atoms. The molecular weight excluding hydrogens is 260 g/mol. The average Bonchev–Trinajstić information content (AvgIpc) is 2.47. The second kappa shape index (κ2) is 7.25. The first-order valence-electron chi connectivity index (χ1n) is 7.37. The first-order chi connectivity index (χ1) is 10.1. The lowest BCUT2D eigenvalue weighted by molar-refractivity contribution is 0.242. The number of aryl methyl sites for hydroxylation is 1. The van der Waals surface area contributed by atoms with E-state index in [2.05, 4.69) is 48.7 Å². The van der Waals surface area contributed by atoms with Crippen LogP contribution in [-0.4, -0.2) is 6.10 Å². The third-order valence-corrected chi connectivity index (χ3v) is 3.42. The molecule has 0 saturated carbocycles. The second-order valence-electron chi connectivity index (χ2n) is 5.64. The molecule has 112 valence electrons. The van der Waals surface area contributed by atoms with Crippen LogP contribution in [0.15, 0.2) is 48.5 Å². The minimum Gasteiger partial charge on any atom is -0.491 e. The zero-order valence-corrected chi connectivity index (χ0v) is 13.0. The van der Waals surface area contributed by atoms with Gasteiger partial charge in [0.05, 0.1) is 6.10 Å². The van der Waals surface area contributed by atoms with Gasteiger partial charge < -0.3 is 4.74 Å². The summed E-state index contributed by atoms with van der Waals surface area (Å²) in [5.41, 5.74) is 6.60. The third-order valence-electron chi connectivity index (χ3n) is 3.42. The standard InChI is InChI=1S/C18H24N2O/c1-13(2)21-17-10-8-16(9-11-17)18(20-19)12-15-6-4-14(3)5-7-15/h4-11,13,18,20H,12,19H2,1-3H3. The number of rotatable bonds is 6. The Morgan fingerprint density at radius 2 is 1.62 bits per heavy atom. The molecule has 2 aromatic rings. The van der Waals surface area contributed by atoms with Crippen molar-refractivity contribution in [2.75, 3.05) is 0 Å². The Morgan fingerprint density at radius 1 is 1.00 bits per heavy atom. The summed E-state index contributed by atoms with van der Waals surface area (Å²) >= 11 is 0. The second-order valence-corrected chi connectivity index (χ2v) is 5.64. The van der Waals surface area contributed by atoms with E-state index < -0.39 is 0 Å². The molecule has 21 heavy (non-hydrogen) atoms. The van der Waals surface area contributed by atoms with Crippen molar-refractivity contribution < 1.29 is 4.74 Å². The van der Waals surface area contributed by atoms with Crippen LogP contribution in [0, 0.1) is 6.92 Å². The minimum absolute atomic E-state index is 0.0980. The van der Waals surface area contributed by atoms with Crippen molar-refractivity contribution in [3.63, 3.8) is 0 Å². The molecule has 0 aliphatic carbocycles. The largest absolute Gasteiger partial charge is 0.491 e. The number of hydrogen-bond acceptors (Lipinski definition) is 3. The van der Waals surface area contributed by atoms with Crippen LogP contribution >= 0.6 is 0 Å². The number of ether oxygens (including phenoxy) is 1. The highest BCUT2D eigenvalue weighted by Gasteiger charge is 2.11. The summed E-state index contributed by atoms with van der Waals surface area (Å²) in [4.78, 5) is 0. The molecule has 0 aliphatic heterocycles. The van der Waals surface area contributed by atoms with E-state index >= 15 is 0 Å². The Balaban J connectivity index is 2.08. The van der Waals surface area contributed by atoms with Crippen LogP contribution in [0.1, 0.15) is 36.6 Å². The van der Waals surface area contributed by atoms with Crippen molar-refractivity contribution >= 4 is 0 Å². The fourth-order valence-electron chi connectivity index (χ4n) is 2.28. The topological polar surface area (TPSA) is 47.3 Å². The number of benzene rings is 2. The van der Waals surface area contributed by atoms with Gasteiger partial charge in [-0.2, -0.15) is 0 Å². The summed E-state index contributed by atoms with van der Waals surface area (Å²) in [5, 5.41) is 0. The molecule has 0 bridgehead atoms. The molecule has 0 saturated heterocycles. The van der Waals surface area contributed by atoms with Crippen LogP contribution in [0.2, 0.25) is 0 Å².